The molecule has 8 heteroatoms. The predicted octanol–water partition coefficient (Wildman–Crippen LogP) is 4.42. The van der Waals surface area contributed by atoms with Crippen LogP contribution >= 0.6 is 0 Å². The third-order valence-corrected chi connectivity index (χ3v) is 6.26. The van der Waals surface area contributed by atoms with Crippen LogP contribution in [0, 0.1) is 5.92 Å². The van der Waals surface area contributed by atoms with Crippen LogP contribution in [0.4, 0.5) is 19.1 Å². The van der Waals surface area contributed by atoms with Crippen LogP contribution in [0.2, 0.25) is 0 Å². The fourth-order valence-electron chi connectivity index (χ4n) is 4.56. The van der Waals surface area contributed by atoms with Gasteiger partial charge in [0.1, 0.15) is 0 Å². The van der Waals surface area contributed by atoms with Crippen LogP contribution in [0.25, 0.3) is 11.0 Å². The van der Waals surface area contributed by atoms with Crippen LogP contribution in [0.3, 0.4) is 0 Å². The van der Waals surface area contributed by atoms with Gasteiger partial charge in [0.05, 0.1) is 16.6 Å². The third kappa shape index (κ3) is 3.86. The van der Waals surface area contributed by atoms with Gasteiger partial charge in [-0.1, -0.05) is 30.3 Å². The van der Waals surface area contributed by atoms with Gasteiger partial charge < -0.3 is 14.8 Å². The maximum absolute atomic E-state index is 13.3. The lowest BCUT2D eigenvalue weighted by atomic mass is 10.0. The van der Waals surface area contributed by atoms with E-state index in [1.807, 2.05) is 29.2 Å². The van der Waals surface area contributed by atoms with Crippen LogP contribution in [-0.4, -0.2) is 47.0 Å². The highest BCUT2D eigenvalue weighted by Crippen LogP contribution is 2.51. The molecule has 0 radical (unpaired) electrons. The summed E-state index contributed by atoms with van der Waals surface area (Å²) < 4.78 is 40.0. The molecule has 3 aromatic rings. The Morgan fingerprint density at radius 1 is 1.00 bits per heavy atom. The van der Waals surface area contributed by atoms with Crippen molar-refractivity contribution in [3.8, 4) is 0 Å². The SMILES string of the molecule is O=C(C1CC1c1ccccc1C(F)(F)F)N1CCCN(c2nc3ccccc3[nH]2)CC1. The molecule has 2 heterocycles. The van der Waals surface area contributed by atoms with E-state index in [1.165, 1.54) is 12.1 Å². The number of halogens is 3. The Morgan fingerprint density at radius 3 is 2.58 bits per heavy atom. The molecule has 1 saturated carbocycles. The number of carbonyl (C=O) groups excluding carboxylic acids is 1. The first-order chi connectivity index (χ1) is 14.9. The van der Waals surface area contributed by atoms with Crippen molar-refractivity contribution >= 4 is 22.9 Å². The lowest BCUT2D eigenvalue weighted by Crippen LogP contribution is -2.36. The quantitative estimate of drug-likeness (QED) is 0.672. The molecule has 1 amide bonds. The van der Waals surface area contributed by atoms with Crippen molar-refractivity contribution in [2.45, 2.75) is 24.9 Å². The van der Waals surface area contributed by atoms with E-state index in [0.29, 0.717) is 26.1 Å². The van der Waals surface area contributed by atoms with Crippen molar-refractivity contribution in [3.05, 3.63) is 59.7 Å². The summed E-state index contributed by atoms with van der Waals surface area (Å²) in [4.78, 5) is 25.0. The molecule has 2 aromatic carbocycles. The minimum atomic E-state index is -4.40. The normalized spacial score (nSPS) is 21.9. The first kappa shape index (κ1) is 19.9. The number of carbonyl (C=O) groups is 1. The summed E-state index contributed by atoms with van der Waals surface area (Å²) in [6, 6.07) is 13.4. The fraction of sp³-hybridized carbons (Fsp3) is 0.391. The van der Waals surface area contributed by atoms with Gasteiger partial charge in [-0.05, 0) is 42.5 Å². The topological polar surface area (TPSA) is 52.2 Å². The monoisotopic (exact) mass is 428 g/mol. The maximum Gasteiger partial charge on any atom is 0.416 e. The van der Waals surface area contributed by atoms with Gasteiger partial charge in [0.15, 0.2) is 0 Å². The average molecular weight is 428 g/mol. The van der Waals surface area contributed by atoms with Crippen LogP contribution in [0.15, 0.2) is 48.5 Å². The Kier molecular flexibility index (Phi) is 4.87. The van der Waals surface area contributed by atoms with E-state index < -0.39 is 11.7 Å². The van der Waals surface area contributed by atoms with Crippen molar-refractivity contribution < 1.29 is 18.0 Å². The van der Waals surface area contributed by atoms with Crippen molar-refractivity contribution in [3.63, 3.8) is 0 Å². The number of alkyl halides is 3. The van der Waals surface area contributed by atoms with Crippen molar-refractivity contribution in [1.29, 1.82) is 0 Å². The number of benzene rings is 2. The summed E-state index contributed by atoms with van der Waals surface area (Å²) in [6.45, 7) is 2.57. The van der Waals surface area contributed by atoms with E-state index in [2.05, 4.69) is 14.9 Å². The summed E-state index contributed by atoms with van der Waals surface area (Å²) in [5, 5.41) is 0. The highest BCUT2D eigenvalue weighted by molar-refractivity contribution is 5.83. The molecule has 2 aliphatic rings. The van der Waals surface area contributed by atoms with E-state index in [4.69, 9.17) is 0 Å². The van der Waals surface area contributed by atoms with Crippen molar-refractivity contribution in [2.75, 3.05) is 31.1 Å². The minimum absolute atomic E-state index is 0.0339. The standard InChI is InChI=1S/C23H23F3N4O/c24-23(25,26)18-7-2-1-6-15(18)16-14-17(16)21(31)29-10-5-11-30(13-12-29)22-27-19-8-3-4-9-20(19)28-22/h1-4,6-9,16-17H,5,10-14H2,(H,27,28). The summed E-state index contributed by atoms with van der Waals surface area (Å²) >= 11 is 0. The molecular weight excluding hydrogens is 405 g/mol. The van der Waals surface area contributed by atoms with Gasteiger partial charge in [0.25, 0.3) is 0 Å². The number of aromatic amines is 1. The Labute approximate surface area is 177 Å². The molecule has 5 rings (SSSR count). The zero-order valence-corrected chi connectivity index (χ0v) is 16.9. The molecule has 1 aliphatic heterocycles. The second-order valence-electron chi connectivity index (χ2n) is 8.28. The minimum Gasteiger partial charge on any atom is -0.341 e. The van der Waals surface area contributed by atoms with Gasteiger partial charge in [-0.15, -0.1) is 0 Å². The highest BCUT2D eigenvalue weighted by Gasteiger charge is 2.49. The van der Waals surface area contributed by atoms with Gasteiger partial charge in [-0.25, -0.2) is 4.98 Å². The molecule has 1 N–H and O–H groups in total. The molecule has 2 atom stereocenters. The second-order valence-corrected chi connectivity index (χ2v) is 8.28. The number of amides is 1. The molecule has 5 nitrogen and oxygen atoms in total. The second kappa shape index (κ2) is 7.59. The van der Waals surface area contributed by atoms with Crippen molar-refractivity contribution in [1.82, 2.24) is 14.9 Å². The van der Waals surface area contributed by atoms with Gasteiger partial charge in [-0.3, -0.25) is 4.79 Å². The molecule has 1 aliphatic carbocycles. The first-order valence-corrected chi connectivity index (χ1v) is 10.6. The average Bonchev–Trinajstić information content (AvgIpc) is 3.49. The lowest BCUT2D eigenvalue weighted by Gasteiger charge is -2.22. The highest BCUT2D eigenvalue weighted by atomic mass is 19.4. The Balaban J connectivity index is 1.26. The van der Waals surface area contributed by atoms with Gasteiger partial charge in [0, 0.05) is 32.1 Å². The zero-order chi connectivity index (χ0) is 21.6. The summed E-state index contributed by atoms with van der Waals surface area (Å²) in [5.74, 6) is 0.0497. The molecule has 1 saturated heterocycles. The molecule has 162 valence electrons. The molecule has 0 bridgehead atoms. The number of hydrogen-bond donors (Lipinski definition) is 1. The molecule has 1 aromatic heterocycles. The number of imidazole rings is 1. The Hall–Kier alpha value is -3.03. The first-order valence-electron chi connectivity index (χ1n) is 10.6. The van der Waals surface area contributed by atoms with E-state index in [9.17, 15) is 18.0 Å². The largest absolute Gasteiger partial charge is 0.416 e. The van der Waals surface area contributed by atoms with E-state index in [1.54, 1.807) is 6.07 Å². The van der Waals surface area contributed by atoms with Crippen LogP contribution in [0.1, 0.15) is 29.9 Å². The van der Waals surface area contributed by atoms with Crippen LogP contribution < -0.4 is 4.90 Å². The van der Waals surface area contributed by atoms with Crippen molar-refractivity contribution in [2.24, 2.45) is 5.92 Å². The fourth-order valence-corrected chi connectivity index (χ4v) is 4.56. The van der Waals surface area contributed by atoms with Gasteiger partial charge >= 0.3 is 6.18 Å². The molecule has 31 heavy (non-hydrogen) atoms. The number of aromatic nitrogens is 2. The number of hydrogen-bond acceptors (Lipinski definition) is 3. The number of H-pyrrole nitrogens is 1. The molecule has 0 spiro atoms. The molecule has 2 unspecified atom stereocenters. The zero-order valence-electron chi connectivity index (χ0n) is 16.9. The number of para-hydroxylation sites is 2. The summed E-state index contributed by atoms with van der Waals surface area (Å²) in [5.41, 5.74) is 1.49. The lowest BCUT2D eigenvalue weighted by molar-refractivity contribution is -0.138. The molecule has 2 fully saturated rings. The molecular formula is C23H23F3N4O. The van der Waals surface area contributed by atoms with Crippen LogP contribution in [0.5, 0.6) is 0 Å². The number of anilines is 1. The number of rotatable bonds is 3. The number of nitrogens with one attached hydrogen (secondary N) is 1. The van der Waals surface area contributed by atoms with Gasteiger partial charge in [0.2, 0.25) is 11.9 Å². The Bertz CT molecular complexity index is 1080. The number of nitrogens with zero attached hydrogens (tertiary/aromatic N) is 3. The smallest absolute Gasteiger partial charge is 0.341 e. The predicted molar refractivity (Wildman–Crippen MR) is 112 cm³/mol. The summed E-state index contributed by atoms with van der Waals surface area (Å²) in [7, 11) is 0. The van der Waals surface area contributed by atoms with E-state index in [-0.39, 0.29) is 23.3 Å². The summed E-state index contributed by atoms with van der Waals surface area (Å²) in [6.07, 6.45) is -3.13. The third-order valence-electron chi connectivity index (χ3n) is 6.26. The van der Waals surface area contributed by atoms with E-state index >= 15 is 0 Å². The Morgan fingerprint density at radius 2 is 1.77 bits per heavy atom. The number of fused-ring (bicyclic) bond motifs is 1. The van der Waals surface area contributed by atoms with Gasteiger partial charge in [-0.2, -0.15) is 13.2 Å². The maximum atomic E-state index is 13.3. The van der Waals surface area contributed by atoms with Crippen LogP contribution in [-0.2, 0) is 11.0 Å². The van der Waals surface area contributed by atoms with E-state index in [0.717, 1.165) is 36.0 Å².